The normalized spacial score (nSPS) is 10.0. The van der Waals surface area contributed by atoms with Crippen molar-refractivity contribution in [1.82, 2.24) is 4.98 Å². The van der Waals surface area contributed by atoms with Gasteiger partial charge in [0.05, 0.1) is 0 Å². The number of methoxy groups -OCH3 is 1. The van der Waals surface area contributed by atoms with Crippen LogP contribution in [0.3, 0.4) is 0 Å². The van der Waals surface area contributed by atoms with Gasteiger partial charge >= 0.3 is 0 Å². The average molecular weight is 210 g/mol. The zero-order valence-electron chi connectivity index (χ0n) is 8.99. The molecule has 0 aliphatic heterocycles. The van der Waals surface area contributed by atoms with E-state index >= 15 is 0 Å². The molecule has 4 N–H and O–H groups in total. The number of anilines is 2. The van der Waals surface area contributed by atoms with Crippen molar-refractivity contribution in [3.63, 3.8) is 0 Å². The summed E-state index contributed by atoms with van der Waals surface area (Å²) in [4.78, 5) is 4.02. The van der Waals surface area contributed by atoms with Crippen LogP contribution in [-0.2, 0) is 4.74 Å². The molecule has 1 rings (SSSR count). The monoisotopic (exact) mass is 210 g/mol. The van der Waals surface area contributed by atoms with Gasteiger partial charge in [0.2, 0.25) is 0 Å². The second-order valence-corrected chi connectivity index (χ2v) is 3.20. The van der Waals surface area contributed by atoms with Gasteiger partial charge in [-0.05, 0) is 18.9 Å². The topological polar surface area (TPSA) is 72.2 Å². The third-order valence-corrected chi connectivity index (χ3v) is 2.01. The predicted molar refractivity (Wildman–Crippen MR) is 61.6 cm³/mol. The first-order valence-electron chi connectivity index (χ1n) is 5.02. The Hall–Kier alpha value is -1.33. The number of rotatable bonds is 7. The quantitative estimate of drug-likeness (QED) is 0.358. The maximum Gasteiger partial charge on any atom is 0.141 e. The number of hydrogen-bond donors (Lipinski definition) is 3. The van der Waals surface area contributed by atoms with Crippen LogP contribution in [0.2, 0.25) is 0 Å². The summed E-state index contributed by atoms with van der Waals surface area (Å²) >= 11 is 0. The van der Waals surface area contributed by atoms with E-state index in [2.05, 4.69) is 15.7 Å². The maximum absolute atomic E-state index is 5.26. The van der Waals surface area contributed by atoms with Crippen molar-refractivity contribution in [1.29, 1.82) is 0 Å². The minimum atomic E-state index is 0.664. The Morgan fingerprint density at radius 1 is 1.47 bits per heavy atom. The number of ether oxygens (including phenoxy) is 1. The molecule has 0 amide bonds. The molecule has 5 nitrogen and oxygen atoms in total. The molecule has 0 bridgehead atoms. The number of hydrogen-bond acceptors (Lipinski definition) is 5. The Morgan fingerprint density at radius 3 is 3.07 bits per heavy atom. The van der Waals surface area contributed by atoms with Crippen molar-refractivity contribution < 1.29 is 4.74 Å². The fourth-order valence-corrected chi connectivity index (χ4v) is 1.22. The van der Waals surface area contributed by atoms with Gasteiger partial charge in [-0.25, -0.2) is 10.8 Å². The van der Waals surface area contributed by atoms with Gasteiger partial charge in [0.25, 0.3) is 0 Å². The van der Waals surface area contributed by atoms with E-state index in [-0.39, 0.29) is 0 Å². The molecule has 84 valence electrons. The molecule has 0 radical (unpaired) electrons. The van der Waals surface area contributed by atoms with Crippen molar-refractivity contribution >= 4 is 11.5 Å². The van der Waals surface area contributed by atoms with Crippen LogP contribution in [-0.4, -0.2) is 25.2 Å². The SMILES string of the molecule is COCCCCNc1ccnc(NN)c1. The molecule has 0 saturated carbocycles. The van der Waals surface area contributed by atoms with E-state index in [1.165, 1.54) is 0 Å². The van der Waals surface area contributed by atoms with Crippen LogP contribution in [0.5, 0.6) is 0 Å². The molecular formula is C10H18N4O. The number of nitrogens with one attached hydrogen (secondary N) is 2. The van der Waals surface area contributed by atoms with Gasteiger partial charge < -0.3 is 15.5 Å². The molecule has 15 heavy (non-hydrogen) atoms. The Bertz CT molecular complexity index is 280. The lowest BCUT2D eigenvalue weighted by atomic mass is 10.3. The van der Waals surface area contributed by atoms with E-state index in [1.54, 1.807) is 13.3 Å². The Labute approximate surface area is 90.0 Å². The molecule has 1 heterocycles. The standard InChI is InChI=1S/C10H18N4O/c1-15-7-3-2-5-12-9-4-6-13-10(8-9)14-11/h4,6,8H,2-3,5,7,11H2,1H3,(H2,12,13,14). The Kier molecular flexibility index (Phi) is 5.50. The van der Waals surface area contributed by atoms with Crippen molar-refractivity contribution in [2.24, 2.45) is 5.84 Å². The summed E-state index contributed by atoms with van der Waals surface area (Å²) in [7, 11) is 1.72. The number of nitrogen functional groups attached to an aromatic ring is 1. The highest BCUT2D eigenvalue weighted by Crippen LogP contribution is 2.10. The zero-order chi connectivity index (χ0) is 10.9. The van der Waals surface area contributed by atoms with Gasteiger partial charge in [0.15, 0.2) is 0 Å². The predicted octanol–water partition coefficient (Wildman–Crippen LogP) is 1.21. The molecule has 0 spiro atoms. The molecule has 0 fully saturated rings. The minimum absolute atomic E-state index is 0.664. The van der Waals surface area contributed by atoms with E-state index in [4.69, 9.17) is 10.6 Å². The van der Waals surface area contributed by atoms with Crippen molar-refractivity contribution in [3.8, 4) is 0 Å². The van der Waals surface area contributed by atoms with Crippen LogP contribution >= 0.6 is 0 Å². The summed E-state index contributed by atoms with van der Waals surface area (Å²) in [5.41, 5.74) is 3.53. The fourth-order valence-electron chi connectivity index (χ4n) is 1.22. The van der Waals surface area contributed by atoms with Gasteiger partial charge in [-0.2, -0.15) is 0 Å². The first-order valence-corrected chi connectivity index (χ1v) is 5.02. The van der Waals surface area contributed by atoms with Gasteiger partial charge in [-0.15, -0.1) is 0 Å². The molecule has 0 saturated heterocycles. The fraction of sp³-hybridized carbons (Fsp3) is 0.500. The highest BCUT2D eigenvalue weighted by Gasteiger charge is 1.94. The van der Waals surface area contributed by atoms with E-state index in [0.717, 1.165) is 31.7 Å². The number of nitrogens with zero attached hydrogens (tertiary/aromatic N) is 1. The lowest BCUT2D eigenvalue weighted by molar-refractivity contribution is 0.194. The third-order valence-electron chi connectivity index (χ3n) is 2.01. The number of unbranched alkanes of at least 4 members (excludes halogenated alkanes) is 1. The highest BCUT2D eigenvalue weighted by molar-refractivity contribution is 5.51. The van der Waals surface area contributed by atoms with E-state index in [1.807, 2.05) is 12.1 Å². The van der Waals surface area contributed by atoms with Crippen LogP contribution in [0.25, 0.3) is 0 Å². The average Bonchev–Trinajstić information content (AvgIpc) is 2.29. The smallest absolute Gasteiger partial charge is 0.141 e. The number of pyridine rings is 1. The summed E-state index contributed by atoms with van der Waals surface area (Å²) < 4.78 is 4.97. The van der Waals surface area contributed by atoms with Crippen molar-refractivity contribution in [2.45, 2.75) is 12.8 Å². The summed E-state index contributed by atoms with van der Waals surface area (Å²) in [6.45, 7) is 1.74. The molecule has 0 atom stereocenters. The third kappa shape index (κ3) is 4.62. The lowest BCUT2D eigenvalue weighted by Gasteiger charge is -2.07. The van der Waals surface area contributed by atoms with Gasteiger partial charge in [-0.3, -0.25) is 0 Å². The maximum atomic E-state index is 5.26. The second kappa shape index (κ2) is 7.03. The first kappa shape index (κ1) is 11.7. The number of hydrazine groups is 1. The van der Waals surface area contributed by atoms with Gasteiger partial charge in [0, 0.05) is 38.2 Å². The van der Waals surface area contributed by atoms with Crippen LogP contribution in [0.4, 0.5) is 11.5 Å². The van der Waals surface area contributed by atoms with Crippen molar-refractivity contribution in [3.05, 3.63) is 18.3 Å². The van der Waals surface area contributed by atoms with Crippen LogP contribution in [0.15, 0.2) is 18.3 Å². The molecule has 1 aromatic rings. The number of nitrogens with two attached hydrogens (primary N) is 1. The molecule has 5 heteroatoms. The molecule has 0 unspecified atom stereocenters. The number of aromatic nitrogens is 1. The highest BCUT2D eigenvalue weighted by atomic mass is 16.5. The minimum Gasteiger partial charge on any atom is -0.385 e. The molecule has 0 aliphatic carbocycles. The van der Waals surface area contributed by atoms with Crippen LogP contribution in [0.1, 0.15) is 12.8 Å². The molecule has 0 aliphatic rings. The molecule has 0 aromatic carbocycles. The summed E-state index contributed by atoms with van der Waals surface area (Å²) in [5, 5.41) is 3.29. The summed E-state index contributed by atoms with van der Waals surface area (Å²) in [5.74, 6) is 5.92. The van der Waals surface area contributed by atoms with Gasteiger partial charge in [-0.1, -0.05) is 0 Å². The van der Waals surface area contributed by atoms with E-state index < -0.39 is 0 Å². The Balaban J connectivity index is 2.24. The summed E-state index contributed by atoms with van der Waals surface area (Å²) in [6, 6.07) is 3.79. The molecular weight excluding hydrogens is 192 g/mol. The Morgan fingerprint density at radius 2 is 2.33 bits per heavy atom. The lowest BCUT2D eigenvalue weighted by Crippen LogP contribution is -2.09. The van der Waals surface area contributed by atoms with Crippen LogP contribution in [0, 0.1) is 0 Å². The van der Waals surface area contributed by atoms with E-state index in [0.29, 0.717) is 5.82 Å². The second-order valence-electron chi connectivity index (χ2n) is 3.20. The summed E-state index contributed by atoms with van der Waals surface area (Å²) in [6.07, 6.45) is 3.87. The zero-order valence-corrected chi connectivity index (χ0v) is 8.99. The van der Waals surface area contributed by atoms with Crippen molar-refractivity contribution in [2.75, 3.05) is 31.0 Å². The van der Waals surface area contributed by atoms with Gasteiger partial charge in [0.1, 0.15) is 5.82 Å². The molecule has 1 aromatic heterocycles. The van der Waals surface area contributed by atoms with E-state index in [9.17, 15) is 0 Å². The van der Waals surface area contributed by atoms with Crippen LogP contribution < -0.4 is 16.6 Å². The first-order chi connectivity index (χ1) is 7.36. The largest absolute Gasteiger partial charge is 0.385 e.